The molecule has 5 heteroatoms. The van der Waals surface area contributed by atoms with Gasteiger partial charge in [0.25, 0.3) is 0 Å². The van der Waals surface area contributed by atoms with E-state index >= 15 is 0 Å². The number of nitrogens with zero attached hydrogens (tertiary/aromatic N) is 3. The molecule has 2 aromatic heterocycles. The van der Waals surface area contributed by atoms with Crippen molar-refractivity contribution < 1.29 is 4.74 Å². The van der Waals surface area contributed by atoms with Crippen LogP contribution in [0.2, 0.25) is 0 Å². The van der Waals surface area contributed by atoms with Gasteiger partial charge in [-0.2, -0.15) is 0 Å². The predicted octanol–water partition coefficient (Wildman–Crippen LogP) is 2.27. The number of rotatable bonds is 5. The molecule has 0 amide bonds. The van der Waals surface area contributed by atoms with Crippen LogP contribution in [-0.2, 0) is 6.54 Å². The lowest BCUT2D eigenvalue weighted by Crippen LogP contribution is -2.10. The van der Waals surface area contributed by atoms with Crippen LogP contribution in [0.25, 0.3) is 0 Å². The molecule has 0 aliphatic heterocycles. The van der Waals surface area contributed by atoms with E-state index in [9.17, 15) is 0 Å². The third kappa shape index (κ3) is 3.41. The van der Waals surface area contributed by atoms with E-state index in [1.807, 2.05) is 26.0 Å². The van der Waals surface area contributed by atoms with E-state index in [-0.39, 0.29) is 6.10 Å². The van der Waals surface area contributed by atoms with Gasteiger partial charge in [0.05, 0.1) is 30.2 Å². The molecule has 0 aliphatic carbocycles. The van der Waals surface area contributed by atoms with Gasteiger partial charge in [0.2, 0.25) is 5.88 Å². The zero-order valence-electron chi connectivity index (χ0n) is 10.5. The molecule has 0 aliphatic rings. The fourth-order valence-electron chi connectivity index (χ4n) is 1.45. The van der Waals surface area contributed by atoms with E-state index in [1.54, 1.807) is 24.8 Å². The first-order valence-corrected chi connectivity index (χ1v) is 5.86. The number of anilines is 1. The average Bonchev–Trinajstić information content (AvgIpc) is 2.38. The van der Waals surface area contributed by atoms with Crippen molar-refractivity contribution in [3.05, 3.63) is 42.6 Å². The Morgan fingerprint density at radius 2 is 2.11 bits per heavy atom. The molecule has 0 fully saturated rings. The van der Waals surface area contributed by atoms with Crippen LogP contribution in [0, 0.1) is 0 Å². The highest BCUT2D eigenvalue weighted by Gasteiger charge is 2.06. The Labute approximate surface area is 106 Å². The zero-order chi connectivity index (χ0) is 12.8. The smallest absolute Gasteiger partial charge is 0.237 e. The van der Waals surface area contributed by atoms with Crippen LogP contribution in [0.15, 0.2) is 36.9 Å². The van der Waals surface area contributed by atoms with Crippen LogP contribution < -0.4 is 10.1 Å². The van der Waals surface area contributed by atoms with Gasteiger partial charge < -0.3 is 10.1 Å². The molecule has 0 saturated carbocycles. The van der Waals surface area contributed by atoms with Crippen molar-refractivity contribution in [2.75, 3.05) is 5.32 Å². The number of nitrogens with one attached hydrogen (secondary N) is 1. The Morgan fingerprint density at radius 1 is 1.22 bits per heavy atom. The topological polar surface area (TPSA) is 59.9 Å². The molecule has 2 aromatic rings. The summed E-state index contributed by atoms with van der Waals surface area (Å²) in [5, 5.41) is 3.24. The Bertz CT molecular complexity index is 487. The SMILES string of the molecule is CC(C)Oc1ncccc1NCc1cnccn1. The lowest BCUT2D eigenvalue weighted by Gasteiger charge is -2.13. The van der Waals surface area contributed by atoms with E-state index in [0.29, 0.717) is 12.4 Å². The molecule has 0 unspecified atom stereocenters. The molecule has 0 saturated heterocycles. The molecule has 18 heavy (non-hydrogen) atoms. The Morgan fingerprint density at radius 3 is 2.83 bits per heavy atom. The van der Waals surface area contributed by atoms with E-state index in [0.717, 1.165) is 11.4 Å². The Balaban J connectivity index is 2.05. The second kappa shape index (κ2) is 5.95. The minimum absolute atomic E-state index is 0.0944. The molecule has 0 aromatic carbocycles. The molecule has 1 N–H and O–H groups in total. The summed E-state index contributed by atoms with van der Waals surface area (Å²) in [6.45, 7) is 4.54. The largest absolute Gasteiger partial charge is 0.473 e. The van der Waals surface area contributed by atoms with Gasteiger partial charge in [-0.3, -0.25) is 9.97 Å². The summed E-state index contributed by atoms with van der Waals surface area (Å²) in [5.41, 5.74) is 1.73. The van der Waals surface area contributed by atoms with Crippen LogP contribution in [0.3, 0.4) is 0 Å². The average molecular weight is 244 g/mol. The zero-order valence-corrected chi connectivity index (χ0v) is 10.5. The highest BCUT2D eigenvalue weighted by atomic mass is 16.5. The van der Waals surface area contributed by atoms with Gasteiger partial charge in [-0.05, 0) is 26.0 Å². The summed E-state index contributed by atoms with van der Waals surface area (Å²) in [5.74, 6) is 0.608. The van der Waals surface area contributed by atoms with Gasteiger partial charge in [0.15, 0.2) is 0 Å². The second-order valence-corrected chi connectivity index (χ2v) is 4.07. The van der Waals surface area contributed by atoms with E-state index < -0.39 is 0 Å². The highest BCUT2D eigenvalue weighted by Crippen LogP contribution is 2.21. The van der Waals surface area contributed by atoms with Crippen LogP contribution in [0.4, 0.5) is 5.69 Å². The Hall–Kier alpha value is -2.17. The first-order valence-electron chi connectivity index (χ1n) is 5.86. The summed E-state index contributed by atoms with van der Waals surface area (Å²) < 4.78 is 5.62. The quantitative estimate of drug-likeness (QED) is 0.874. The van der Waals surface area contributed by atoms with Gasteiger partial charge >= 0.3 is 0 Å². The third-order valence-electron chi connectivity index (χ3n) is 2.20. The van der Waals surface area contributed by atoms with Crippen LogP contribution in [0.1, 0.15) is 19.5 Å². The molecule has 94 valence electrons. The lowest BCUT2D eigenvalue weighted by molar-refractivity contribution is 0.234. The molecule has 0 spiro atoms. The van der Waals surface area contributed by atoms with Gasteiger partial charge in [-0.25, -0.2) is 4.98 Å². The van der Waals surface area contributed by atoms with Crippen molar-refractivity contribution in [1.82, 2.24) is 15.0 Å². The summed E-state index contributed by atoms with van der Waals surface area (Å²) in [4.78, 5) is 12.4. The number of aromatic nitrogens is 3. The van der Waals surface area contributed by atoms with Crippen molar-refractivity contribution in [2.45, 2.75) is 26.5 Å². The number of hydrogen-bond acceptors (Lipinski definition) is 5. The third-order valence-corrected chi connectivity index (χ3v) is 2.20. The minimum Gasteiger partial charge on any atom is -0.473 e. The molecular formula is C13H16N4O. The summed E-state index contributed by atoms with van der Waals surface area (Å²) in [7, 11) is 0. The predicted molar refractivity (Wildman–Crippen MR) is 69.4 cm³/mol. The van der Waals surface area contributed by atoms with Crippen LogP contribution in [-0.4, -0.2) is 21.1 Å². The van der Waals surface area contributed by atoms with Crippen molar-refractivity contribution >= 4 is 5.69 Å². The van der Waals surface area contributed by atoms with Crippen molar-refractivity contribution in [3.8, 4) is 5.88 Å². The molecule has 0 bridgehead atoms. The fourth-order valence-corrected chi connectivity index (χ4v) is 1.45. The first kappa shape index (κ1) is 12.3. The maximum atomic E-state index is 5.62. The van der Waals surface area contributed by atoms with Gasteiger partial charge in [-0.15, -0.1) is 0 Å². The number of ether oxygens (including phenoxy) is 1. The summed E-state index contributed by atoms with van der Waals surface area (Å²) in [6, 6.07) is 3.80. The fraction of sp³-hybridized carbons (Fsp3) is 0.308. The monoisotopic (exact) mass is 244 g/mol. The van der Waals surface area contributed by atoms with Crippen LogP contribution >= 0.6 is 0 Å². The number of hydrogen-bond donors (Lipinski definition) is 1. The van der Waals surface area contributed by atoms with Gasteiger partial charge in [0.1, 0.15) is 0 Å². The first-order chi connectivity index (χ1) is 8.75. The molecule has 0 radical (unpaired) electrons. The normalized spacial score (nSPS) is 10.4. The maximum absolute atomic E-state index is 5.62. The maximum Gasteiger partial charge on any atom is 0.237 e. The standard InChI is InChI=1S/C13H16N4O/c1-10(2)18-13-12(4-3-5-16-13)17-9-11-8-14-6-7-15-11/h3-8,10,17H,9H2,1-2H3. The molecular weight excluding hydrogens is 228 g/mol. The van der Waals surface area contributed by atoms with Crippen molar-refractivity contribution in [3.63, 3.8) is 0 Å². The van der Waals surface area contributed by atoms with Gasteiger partial charge in [0, 0.05) is 18.6 Å². The van der Waals surface area contributed by atoms with E-state index in [2.05, 4.69) is 20.3 Å². The number of pyridine rings is 1. The van der Waals surface area contributed by atoms with E-state index in [4.69, 9.17) is 4.74 Å². The van der Waals surface area contributed by atoms with Crippen molar-refractivity contribution in [1.29, 1.82) is 0 Å². The minimum atomic E-state index is 0.0944. The lowest BCUT2D eigenvalue weighted by atomic mass is 10.3. The molecule has 2 heterocycles. The summed E-state index contributed by atoms with van der Waals surface area (Å²) >= 11 is 0. The van der Waals surface area contributed by atoms with E-state index in [1.165, 1.54) is 0 Å². The second-order valence-electron chi connectivity index (χ2n) is 4.07. The molecule has 2 rings (SSSR count). The highest BCUT2D eigenvalue weighted by molar-refractivity contribution is 5.52. The van der Waals surface area contributed by atoms with Crippen molar-refractivity contribution in [2.24, 2.45) is 0 Å². The summed E-state index contributed by atoms with van der Waals surface area (Å²) in [6.07, 6.45) is 6.86. The molecule has 5 nitrogen and oxygen atoms in total. The Kier molecular flexibility index (Phi) is 4.06. The van der Waals surface area contributed by atoms with Crippen LogP contribution in [0.5, 0.6) is 5.88 Å². The van der Waals surface area contributed by atoms with Gasteiger partial charge in [-0.1, -0.05) is 0 Å². The molecule has 0 atom stereocenters.